The number of nitrogens with zero attached hydrogens (tertiary/aromatic N) is 2. The summed E-state index contributed by atoms with van der Waals surface area (Å²) in [5.41, 5.74) is 5.62. The molecule has 23 heavy (non-hydrogen) atoms. The molecular formula is C20H17LiN2. The molecule has 3 rings (SSSR count). The average Bonchev–Trinajstić information content (AvgIpc) is 2.61. The molecule has 2 aromatic carbocycles. The van der Waals surface area contributed by atoms with Gasteiger partial charge in [0, 0.05) is 0 Å². The fourth-order valence-corrected chi connectivity index (χ4v) is 2.23. The van der Waals surface area contributed by atoms with Gasteiger partial charge in [-0.05, 0) is 34.8 Å². The van der Waals surface area contributed by atoms with E-state index in [1.807, 2.05) is 31.7 Å². The van der Waals surface area contributed by atoms with Crippen LogP contribution in [0.1, 0.15) is 18.1 Å². The van der Waals surface area contributed by atoms with E-state index in [2.05, 4.69) is 58.5 Å². The molecule has 2 nitrogen and oxygen atoms in total. The van der Waals surface area contributed by atoms with E-state index in [0.717, 1.165) is 16.8 Å². The number of pyridine rings is 1. The summed E-state index contributed by atoms with van der Waals surface area (Å²) in [6, 6.07) is 22.8. The standard InChI is InChI=1S/C20H17N2.Li/c1-16(22-15-17-11-13-21-14-12-17)18-7-9-20(10-8-18)19-5-3-2-4-6-19;/h2-15H,1H3;/q-1;+1. The molecule has 0 aliphatic rings. The molecule has 1 aromatic heterocycles. The summed E-state index contributed by atoms with van der Waals surface area (Å²) in [5, 5.41) is 0. The Bertz CT molecular complexity index is 751. The van der Waals surface area contributed by atoms with Gasteiger partial charge >= 0.3 is 18.9 Å². The van der Waals surface area contributed by atoms with Crippen molar-refractivity contribution in [3.8, 4) is 11.1 Å². The molecular weight excluding hydrogens is 275 g/mol. The van der Waals surface area contributed by atoms with Crippen LogP contribution in [0.2, 0.25) is 0 Å². The van der Waals surface area contributed by atoms with Crippen molar-refractivity contribution < 1.29 is 18.9 Å². The van der Waals surface area contributed by atoms with Crippen molar-refractivity contribution in [1.29, 1.82) is 0 Å². The monoisotopic (exact) mass is 292 g/mol. The molecule has 1 heterocycles. The molecule has 0 aliphatic carbocycles. The largest absolute Gasteiger partial charge is 1.00 e. The molecule has 0 fully saturated rings. The quantitative estimate of drug-likeness (QED) is 0.409. The van der Waals surface area contributed by atoms with E-state index < -0.39 is 0 Å². The van der Waals surface area contributed by atoms with Crippen molar-refractivity contribution in [3.63, 3.8) is 0 Å². The zero-order valence-corrected chi connectivity index (χ0v) is 13.5. The minimum absolute atomic E-state index is 0. The van der Waals surface area contributed by atoms with E-state index in [1.165, 1.54) is 11.1 Å². The number of aliphatic imine (C=N–C) groups is 1. The van der Waals surface area contributed by atoms with Crippen LogP contribution >= 0.6 is 0 Å². The Morgan fingerprint density at radius 2 is 1.43 bits per heavy atom. The molecule has 108 valence electrons. The normalized spacial score (nSPS) is 10.7. The second-order valence-corrected chi connectivity index (χ2v) is 5.07. The van der Waals surface area contributed by atoms with Crippen LogP contribution in [0.15, 0.2) is 84.1 Å². The van der Waals surface area contributed by atoms with Crippen molar-refractivity contribution in [2.45, 2.75) is 6.92 Å². The van der Waals surface area contributed by atoms with Crippen LogP contribution in [0.3, 0.4) is 0 Å². The number of hydrogen-bond donors (Lipinski definition) is 0. The molecule has 0 unspecified atom stereocenters. The molecule has 0 bridgehead atoms. The molecule has 0 N–H and O–H groups in total. The molecule has 0 spiro atoms. The number of hydrogen-bond acceptors (Lipinski definition) is 2. The summed E-state index contributed by atoms with van der Waals surface area (Å²) in [6.07, 6.45) is 3.54. The van der Waals surface area contributed by atoms with Crippen molar-refractivity contribution in [2.24, 2.45) is 4.99 Å². The maximum atomic E-state index is 4.53. The predicted molar refractivity (Wildman–Crippen MR) is 91.7 cm³/mol. The first-order chi connectivity index (χ1) is 10.8. The molecule has 0 amide bonds. The van der Waals surface area contributed by atoms with Gasteiger partial charge in [0.05, 0.1) is 0 Å². The third kappa shape index (κ3) is 4.60. The maximum Gasteiger partial charge on any atom is 1.00 e. The molecule has 0 saturated heterocycles. The fourth-order valence-electron chi connectivity index (χ4n) is 2.23. The average molecular weight is 292 g/mol. The van der Waals surface area contributed by atoms with Gasteiger partial charge in [-0.15, -0.1) is 17.7 Å². The summed E-state index contributed by atoms with van der Waals surface area (Å²) in [7, 11) is 0. The summed E-state index contributed by atoms with van der Waals surface area (Å²) < 4.78 is 0. The van der Waals surface area contributed by atoms with Crippen molar-refractivity contribution >= 4 is 5.71 Å². The smallest absolute Gasteiger partial charge is 0.355 e. The SMILES string of the molecule is CC(=N[CH-]c1ccncc1)c1ccc(-c2ccccc2)cc1.[Li+]. The van der Waals surface area contributed by atoms with Gasteiger partial charge in [0.25, 0.3) is 0 Å². The van der Waals surface area contributed by atoms with Crippen LogP contribution < -0.4 is 18.9 Å². The van der Waals surface area contributed by atoms with Crippen LogP contribution in [0.4, 0.5) is 0 Å². The number of rotatable bonds is 4. The van der Waals surface area contributed by atoms with Gasteiger partial charge in [0.15, 0.2) is 0 Å². The van der Waals surface area contributed by atoms with Gasteiger partial charge in [-0.3, -0.25) is 4.98 Å². The Hall–Kier alpha value is -2.27. The van der Waals surface area contributed by atoms with E-state index >= 15 is 0 Å². The summed E-state index contributed by atoms with van der Waals surface area (Å²) >= 11 is 0. The Balaban J connectivity index is 0.00000192. The van der Waals surface area contributed by atoms with Gasteiger partial charge < -0.3 is 4.99 Å². The van der Waals surface area contributed by atoms with Gasteiger partial charge in [0.1, 0.15) is 0 Å². The van der Waals surface area contributed by atoms with Crippen LogP contribution in [0, 0.1) is 6.54 Å². The summed E-state index contributed by atoms with van der Waals surface area (Å²) in [4.78, 5) is 8.53. The van der Waals surface area contributed by atoms with Crippen LogP contribution in [0.25, 0.3) is 11.1 Å². The Morgan fingerprint density at radius 3 is 2.09 bits per heavy atom. The molecule has 3 heteroatoms. The first-order valence-corrected chi connectivity index (χ1v) is 7.26. The Kier molecular flexibility index (Phi) is 6.23. The second-order valence-electron chi connectivity index (χ2n) is 5.07. The Morgan fingerprint density at radius 1 is 0.826 bits per heavy atom. The minimum Gasteiger partial charge on any atom is -0.355 e. The number of aromatic nitrogens is 1. The van der Waals surface area contributed by atoms with Crippen molar-refractivity contribution in [1.82, 2.24) is 4.98 Å². The van der Waals surface area contributed by atoms with Gasteiger partial charge in [-0.2, -0.15) is 0 Å². The predicted octanol–water partition coefficient (Wildman–Crippen LogP) is 1.77. The zero-order chi connectivity index (χ0) is 15.2. The third-order valence-corrected chi connectivity index (χ3v) is 3.52. The van der Waals surface area contributed by atoms with Crippen molar-refractivity contribution in [2.75, 3.05) is 0 Å². The fraction of sp³-hybridized carbons (Fsp3) is 0.0500. The third-order valence-electron chi connectivity index (χ3n) is 3.52. The molecule has 3 aromatic rings. The summed E-state index contributed by atoms with van der Waals surface area (Å²) in [5.74, 6) is 0. The van der Waals surface area contributed by atoms with E-state index in [1.54, 1.807) is 12.4 Å². The minimum atomic E-state index is 0. The Labute approximate surface area is 149 Å². The first-order valence-electron chi connectivity index (χ1n) is 7.26. The van der Waals surface area contributed by atoms with Gasteiger partial charge in [0.2, 0.25) is 0 Å². The molecule has 0 aliphatic heterocycles. The maximum absolute atomic E-state index is 4.53. The molecule has 0 saturated carbocycles. The van der Waals surface area contributed by atoms with Gasteiger partial charge in [-0.25, -0.2) is 0 Å². The molecule has 0 atom stereocenters. The first kappa shape index (κ1) is 17.1. The topological polar surface area (TPSA) is 25.2 Å². The van der Waals surface area contributed by atoms with Crippen LogP contribution in [-0.4, -0.2) is 10.7 Å². The van der Waals surface area contributed by atoms with Crippen molar-refractivity contribution in [3.05, 3.63) is 96.8 Å². The van der Waals surface area contributed by atoms with E-state index in [9.17, 15) is 0 Å². The van der Waals surface area contributed by atoms with Crippen LogP contribution in [-0.2, 0) is 0 Å². The molecule has 0 radical (unpaired) electrons. The number of benzene rings is 2. The van der Waals surface area contributed by atoms with Crippen LogP contribution in [0.5, 0.6) is 0 Å². The van der Waals surface area contributed by atoms with E-state index in [-0.39, 0.29) is 18.9 Å². The van der Waals surface area contributed by atoms with Gasteiger partial charge in [-0.1, -0.05) is 68.1 Å². The second kappa shape index (κ2) is 8.38. The summed E-state index contributed by atoms with van der Waals surface area (Å²) in [6.45, 7) is 3.89. The van der Waals surface area contributed by atoms with E-state index in [4.69, 9.17) is 0 Å². The zero-order valence-electron chi connectivity index (χ0n) is 13.5. The van der Waals surface area contributed by atoms with E-state index in [0.29, 0.717) is 0 Å².